The largest absolute Gasteiger partial charge is 0.325 e. The summed E-state index contributed by atoms with van der Waals surface area (Å²) in [6.45, 7) is 5.14. The summed E-state index contributed by atoms with van der Waals surface area (Å²) in [6, 6.07) is 12.8. The highest BCUT2D eigenvalue weighted by atomic mass is 16.2. The van der Waals surface area contributed by atoms with Crippen molar-refractivity contribution < 1.29 is 14.4 Å². The second kappa shape index (κ2) is 7.69. The van der Waals surface area contributed by atoms with Crippen LogP contribution in [0.1, 0.15) is 51.8 Å². The monoisotopic (exact) mass is 442 g/mol. The van der Waals surface area contributed by atoms with Crippen molar-refractivity contribution in [3.05, 3.63) is 82.3 Å². The molecule has 3 amide bonds. The Bertz CT molecular complexity index is 1290. The number of aryl methyl sites for hydroxylation is 3. The molecule has 0 saturated carbocycles. The van der Waals surface area contributed by atoms with Crippen LogP contribution in [-0.4, -0.2) is 38.7 Å². The number of hydrogen-bond donors (Lipinski definition) is 1. The van der Waals surface area contributed by atoms with Gasteiger partial charge in [-0.25, -0.2) is 9.78 Å². The number of carbonyl (C=O) groups excluding carboxylic acids is 3. The standard InChI is InChI=1S/C26H26N4O3/c1-16-13-21(17(2)30(16)23-9-4-5-12-27-23)22(31)15-29-24(32)26(3,28-25(29)33)20-11-10-18-7-6-8-19(18)14-20/h4-5,9-14H,6-8,15H2,1-3H3,(H,28,33). The highest BCUT2D eigenvalue weighted by Crippen LogP contribution is 2.33. The molecular weight excluding hydrogens is 416 g/mol. The number of imide groups is 1. The van der Waals surface area contributed by atoms with Gasteiger partial charge in [0.25, 0.3) is 5.91 Å². The Labute approximate surface area is 192 Å². The van der Waals surface area contributed by atoms with Crippen LogP contribution in [0.2, 0.25) is 0 Å². The Morgan fingerprint density at radius 1 is 1.09 bits per heavy atom. The van der Waals surface area contributed by atoms with Gasteiger partial charge in [0, 0.05) is 23.1 Å². The lowest BCUT2D eigenvalue weighted by Gasteiger charge is -2.23. The minimum atomic E-state index is -1.18. The molecule has 1 fully saturated rings. The number of aromatic nitrogens is 2. The molecule has 3 aromatic rings. The van der Waals surface area contributed by atoms with E-state index in [2.05, 4.69) is 10.3 Å². The summed E-state index contributed by atoms with van der Waals surface area (Å²) in [5.41, 5.74) is 4.16. The molecule has 7 nitrogen and oxygen atoms in total. The van der Waals surface area contributed by atoms with Crippen molar-refractivity contribution in [1.82, 2.24) is 19.8 Å². The van der Waals surface area contributed by atoms with E-state index in [1.807, 2.05) is 54.8 Å². The highest BCUT2D eigenvalue weighted by Gasteiger charge is 2.49. The van der Waals surface area contributed by atoms with Crippen molar-refractivity contribution in [1.29, 1.82) is 0 Å². The van der Waals surface area contributed by atoms with Gasteiger partial charge in [0.05, 0.1) is 6.54 Å². The maximum atomic E-state index is 13.4. The van der Waals surface area contributed by atoms with Crippen molar-refractivity contribution in [2.75, 3.05) is 6.54 Å². The number of fused-ring (bicyclic) bond motifs is 1. The lowest BCUT2D eigenvalue weighted by Crippen LogP contribution is -2.41. The van der Waals surface area contributed by atoms with Gasteiger partial charge >= 0.3 is 6.03 Å². The summed E-state index contributed by atoms with van der Waals surface area (Å²) in [5, 5.41) is 2.82. The number of hydrogen-bond acceptors (Lipinski definition) is 4. The van der Waals surface area contributed by atoms with Gasteiger partial charge < -0.3 is 9.88 Å². The summed E-state index contributed by atoms with van der Waals surface area (Å²) < 4.78 is 1.90. The number of nitrogens with one attached hydrogen (secondary N) is 1. The number of nitrogens with zero attached hydrogens (tertiary/aromatic N) is 3. The van der Waals surface area contributed by atoms with Crippen LogP contribution in [0.4, 0.5) is 4.79 Å². The Hall–Kier alpha value is -3.74. The fourth-order valence-corrected chi connectivity index (χ4v) is 5.03. The third-order valence-corrected chi connectivity index (χ3v) is 6.86. The first-order valence-electron chi connectivity index (χ1n) is 11.2. The maximum Gasteiger partial charge on any atom is 0.325 e. The second-order valence-electron chi connectivity index (χ2n) is 9.01. The molecule has 2 aliphatic rings. The zero-order valence-corrected chi connectivity index (χ0v) is 19.0. The van der Waals surface area contributed by atoms with E-state index in [4.69, 9.17) is 0 Å². The quantitative estimate of drug-likeness (QED) is 0.483. The average Bonchev–Trinajstić information content (AvgIpc) is 3.45. The van der Waals surface area contributed by atoms with Gasteiger partial charge in [0.1, 0.15) is 11.4 Å². The van der Waals surface area contributed by atoms with E-state index in [-0.39, 0.29) is 12.3 Å². The fraction of sp³-hybridized carbons (Fsp3) is 0.308. The Kier molecular flexibility index (Phi) is 4.92. The zero-order valence-electron chi connectivity index (χ0n) is 19.0. The third-order valence-electron chi connectivity index (χ3n) is 6.86. The van der Waals surface area contributed by atoms with Crippen LogP contribution in [-0.2, 0) is 23.2 Å². The number of Topliss-reactive ketones (excluding diaryl/α,β-unsaturated/α-hetero) is 1. The summed E-state index contributed by atoms with van der Waals surface area (Å²) >= 11 is 0. The molecule has 2 aromatic heterocycles. The number of pyridine rings is 1. The number of amides is 3. The molecule has 168 valence electrons. The number of carbonyl (C=O) groups is 3. The molecule has 1 unspecified atom stereocenters. The van der Waals surface area contributed by atoms with Crippen molar-refractivity contribution in [2.45, 2.75) is 45.6 Å². The third kappa shape index (κ3) is 3.35. The van der Waals surface area contributed by atoms with Gasteiger partial charge in [0.15, 0.2) is 5.78 Å². The average molecular weight is 443 g/mol. The summed E-state index contributed by atoms with van der Waals surface area (Å²) in [4.78, 5) is 44.7. The molecule has 0 radical (unpaired) electrons. The van der Waals surface area contributed by atoms with Crippen LogP contribution in [0.3, 0.4) is 0 Å². The lowest BCUT2D eigenvalue weighted by molar-refractivity contribution is -0.130. The van der Waals surface area contributed by atoms with Crippen LogP contribution < -0.4 is 5.32 Å². The molecule has 0 spiro atoms. The molecule has 1 saturated heterocycles. The van der Waals surface area contributed by atoms with E-state index in [0.717, 1.165) is 41.1 Å². The molecule has 1 aliphatic carbocycles. The SMILES string of the molecule is Cc1cc(C(=O)CN2C(=O)NC(C)(c3ccc4c(c3)CCC4)C2=O)c(C)n1-c1ccccn1. The van der Waals surface area contributed by atoms with Gasteiger partial charge in [-0.05, 0) is 74.9 Å². The van der Waals surface area contributed by atoms with Gasteiger partial charge in [-0.15, -0.1) is 0 Å². The number of urea groups is 1. The van der Waals surface area contributed by atoms with Gasteiger partial charge in [-0.1, -0.05) is 24.3 Å². The van der Waals surface area contributed by atoms with E-state index < -0.39 is 17.5 Å². The van der Waals surface area contributed by atoms with Crippen LogP contribution >= 0.6 is 0 Å². The molecule has 0 bridgehead atoms. The van der Waals surface area contributed by atoms with E-state index in [1.54, 1.807) is 19.2 Å². The van der Waals surface area contributed by atoms with Crippen LogP contribution in [0.25, 0.3) is 5.82 Å². The van der Waals surface area contributed by atoms with Crippen molar-refractivity contribution >= 4 is 17.7 Å². The molecule has 1 N–H and O–H groups in total. The predicted molar refractivity (Wildman–Crippen MR) is 123 cm³/mol. The first kappa shape index (κ1) is 21.1. The Balaban J connectivity index is 1.41. The predicted octanol–water partition coefficient (Wildman–Crippen LogP) is 3.63. The molecule has 1 aliphatic heterocycles. The molecule has 33 heavy (non-hydrogen) atoms. The summed E-state index contributed by atoms with van der Waals surface area (Å²) in [7, 11) is 0. The van der Waals surface area contributed by atoms with Gasteiger partial charge in [-0.2, -0.15) is 0 Å². The summed E-state index contributed by atoms with van der Waals surface area (Å²) in [5.74, 6) is 0.0232. The topological polar surface area (TPSA) is 84.3 Å². The van der Waals surface area contributed by atoms with E-state index in [0.29, 0.717) is 11.4 Å². The molecule has 1 aromatic carbocycles. The van der Waals surface area contributed by atoms with Crippen LogP contribution in [0.5, 0.6) is 0 Å². The highest BCUT2D eigenvalue weighted by molar-refractivity contribution is 6.11. The molecular formula is C26H26N4O3. The maximum absolute atomic E-state index is 13.4. The first-order chi connectivity index (χ1) is 15.8. The second-order valence-corrected chi connectivity index (χ2v) is 9.01. The minimum Gasteiger partial charge on any atom is -0.319 e. The fourth-order valence-electron chi connectivity index (χ4n) is 5.03. The number of rotatable bonds is 5. The molecule has 1 atom stereocenters. The molecule has 7 heteroatoms. The van der Waals surface area contributed by atoms with E-state index in [1.165, 1.54) is 11.1 Å². The molecule has 5 rings (SSSR count). The lowest BCUT2D eigenvalue weighted by atomic mass is 9.89. The first-order valence-corrected chi connectivity index (χ1v) is 11.2. The van der Waals surface area contributed by atoms with E-state index in [9.17, 15) is 14.4 Å². The number of ketones is 1. The minimum absolute atomic E-state index is 0.285. The summed E-state index contributed by atoms with van der Waals surface area (Å²) in [6.07, 6.45) is 4.83. The van der Waals surface area contributed by atoms with E-state index >= 15 is 0 Å². The van der Waals surface area contributed by atoms with Crippen molar-refractivity contribution in [3.63, 3.8) is 0 Å². The van der Waals surface area contributed by atoms with Crippen LogP contribution in [0.15, 0.2) is 48.7 Å². The van der Waals surface area contributed by atoms with Crippen LogP contribution in [0, 0.1) is 13.8 Å². The van der Waals surface area contributed by atoms with Crippen molar-refractivity contribution in [2.24, 2.45) is 0 Å². The van der Waals surface area contributed by atoms with Gasteiger partial charge in [-0.3, -0.25) is 14.5 Å². The Morgan fingerprint density at radius 3 is 2.64 bits per heavy atom. The zero-order chi connectivity index (χ0) is 23.3. The number of benzene rings is 1. The van der Waals surface area contributed by atoms with Crippen molar-refractivity contribution in [3.8, 4) is 5.82 Å². The van der Waals surface area contributed by atoms with Gasteiger partial charge in [0.2, 0.25) is 0 Å². The Morgan fingerprint density at radius 2 is 1.88 bits per heavy atom. The molecule has 3 heterocycles. The normalized spacial score (nSPS) is 19.7. The smallest absolute Gasteiger partial charge is 0.319 e.